The zero-order chi connectivity index (χ0) is 28.2. The fraction of sp³-hybridized carbons (Fsp3) is 0.464. The van der Waals surface area contributed by atoms with Crippen LogP contribution in [0, 0.1) is 6.92 Å². The van der Waals surface area contributed by atoms with Crippen LogP contribution in [0.1, 0.15) is 48.7 Å². The van der Waals surface area contributed by atoms with E-state index in [-0.39, 0.29) is 36.6 Å². The molecule has 0 saturated carbocycles. The van der Waals surface area contributed by atoms with E-state index in [4.69, 9.17) is 16.3 Å². The predicted molar refractivity (Wildman–Crippen MR) is 144 cm³/mol. The summed E-state index contributed by atoms with van der Waals surface area (Å²) in [6, 6.07) is 9.72. The van der Waals surface area contributed by atoms with Crippen LogP contribution in [0.25, 0.3) is 0 Å². The van der Waals surface area contributed by atoms with Crippen LogP contribution in [-0.2, 0) is 16.0 Å². The molecule has 0 aromatic heterocycles. The van der Waals surface area contributed by atoms with Crippen molar-refractivity contribution in [2.24, 2.45) is 0 Å². The predicted octanol–water partition coefficient (Wildman–Crippen LogP) is 2.53. The van der Waals surface area contributed by atoms with Crippen molar-refractivity contribution in [3.63, 3.8) is 0 Å². The van der Waals surface area contributed by atoms with Gasteiger partial charge in [-0.05, 0) is 70.4 Å². The third-order valence-electron chi connectivity index (χ3n) is 6.45. The van der Waals surface area contributed by atoms with Gasteiger partial charge in [0, 0.05) is 23.2 Å². The number of hydrogen-bond acceptors (Lipinski definition) is 6. The lowest BCUT2D eigenvalue weighted by Gasteiger charge is -2.32. The second-order valence-electron chi connectivity index (χ2n) is 10.6. The Bertz CT molecular complexity index is 1160. The Labute approximate surface area is 228 Å². The van der Waals surface area contributed by atoms with Gasteiger partial charge in [0.15, 0.2) is 6.10 Å². The third-order valence-corrected chi connectivity index (χ3v) is 6.77. The van der Waals surface area contributed by atoms with Gasteiger partial charge >= 0.3 is 0 Å². The number of benzene rings is 2. The molecule has 1 aliphatic heterocycles. The number of aromatic hydroxyl groups is 1. The normalized spacial score (nSPS) is 19.0. The molecule has 0 bridgehead atoms. The summed E-state index contributed by atoms with van der Waals surface area (Å²) in [6.45, 7) is 7.20. The van der Waals surface area contributed by atoms with Gasteiger partial charge < -0.3 is 30.5 Å². The first-order valence-corrected chi connectivity index (χ1v) is 12.9. The third kappa shape index (κ3) is 7.17. The maximum Gasteiger partial charge on any atom is 0.254 e. The molecule has 10 heteroatoms. The Kier molecular flexibility index (Phi) is 9.27. The van der Waals surface area contributed by atoms with Crippen LogP contribution >= 0.6 is 11.6 Å². The van der Waals surface area contributed by atoms with Gasteiger partial charge in [0.25, 0.3) is 11.8 Å². The van der Waals surface area contributed by atoms with Crippen LogP contribution in [0.2, 0.25) is 0 Å². The fourth-order valence-corrected chi connectivity index (χ4v) is 4.76. The minimum atomic E-state index is -1.66. The van der Waals surface area contributed by atoms with Crippen molar-refractivity contribution in [2.75, 3.05) is 13.7 Å². The molecule has 1 fully saturated rings. The van der Waals surface area contributed by atoms with E-state index in [1.807, 2.05) is 20.8 Å². The topological polar surface area (TPSA) is 128 Å². The summed E-state index contributed by atoms with van der Waals surface area (Å²) in [5, 5.41) is 26.5. The fourth-order valence-electron chi connectivity index (χ4n) is 4.44. The van der Waals surface area contributed by atoms with Crippen LogP contribution in [0.5, 0.6) is 11.5 Å². The lowest BCUT2D eigenvalue weighted by atomic mass is 9.98. The molecule has 0 spiro atoms. The van der Waals surface area contributed by atoms with Crippen LogP contribution in [0.3, 0.4) is 0 Å². The van der Waals surface area contributed by atoms with Crippen molar-refractivity contribution in [1.29, 1.82) is 0 Å². The highest BCUT2D eigenvalue weighted by atomic mass is 35.5. The van der Waals surface area contributed by atoms with E-state index in [0.29, 0.717) is 11.3 Å². The molecule has 0 unspecified atom stereocenters. The number of amides is 3. The highest BCUT2D eigenvalue weighted by Gasteiger charge is 2.43. The molecular weight excluding hydrogens is 510 g/mol. The number of halogens is 1. The van der Waals surface area contributed by atoms with Gasteiger partial charge in [0.2, 0.25) is 5.91 Å². The van der Waals surface area contributed by atoms with Gasteiger partial charge in [-0.25, -0.2) is 0 Å². The van der Waals surface area contributed by atoms with Crippen molar-refractivity contribution in [2.45, 2.75) is 69.6 Å². The number of phenolic OH excluding ortho intramolecular Hbond substituents is 1. The quantitative estimate of drug-likeness (QED) is 0.377. The maximum atomic E-state index is 13.6. The first-order chi connectivity index (χ1) is 17.8. The van der Waals surface area contributed by atoms with Crippen LogP contribution in [-0.4, -0.2) is 75.6 Å². The number of carbonyl (C=O) groups is 3. The molecule has 1 saturated heterocycles. The van der Waals surface area contributed by atoms with Crippen molar-refractivity contribution in [1.82, 2.24) is 15.5 Å². The lowest BCUT2D eigenvalue weighted by molar-refractivity contribution is -0.146. The average molecular weight is 546 g/mol. The maximum absolute atomic E-state index is 13.6. The Hall–Kier alpha value is -3.30. The van der Waals surface area contributed by atoms with Crippen molar-refractivity contribution < 1.29 is 29.3 Å². The Morgan fingerprint density at radius 3 is 2.42 bits per heavy atom. The number of methoxy groups -OCH3 is 1. The van der Waals surface area contributed by atoms with Gasteiger partial charge in [-0.3, -0.25) is 14.4 Å². The minimum absolute atomic E-state index is 0.0427. The molecule has 3 rings (SSSR count). The second kappa shape index (κ2) is 12.0. The van der Waals surface area contributed by atoms with Crippen molar-refractivity contribution in [3.05, 3.63) is 59.2 Å². The van der Waals surface area contributed by atoms with Gasteiger partial charge in [0.1, 0.15) is 17.5 Å². The van der Waals surface area contributed by atoms with Gasteiger partial charge in [-0.15, -0.1) is 11.6 Å². The van der Waals surface area contributed by atoms with Crippen LogP contribution in [0.4, 0.5) is 0 Å². The minimum Gasteiger partial charge on any atom is -0.508 e. The van der Waals surface area contributed by atoms with Gasteiger partial charge in [-0.2, -0.15) is 0 Å². The summed E-state index contributed by atoms with van der Waals surface area (Å²) in [7, 11) is 1.55. The average Bonchev–Trinajstić information content (AvgIpc) is 3.25. The molecule has 1 aliphatic rings. The lowest BCUT2D eigenvalue weighted by Crippen LogP contribution is -2.57. The van der Waals surface area contributed by atoms with Crippen molar-refractivity contribution >= 4 is 29.3 Å². The number of aliphatic hydroxyl groups is 1. The van der Waals surface area contributed by atoms with Crippen molar-refractivity contribution in [3.8, 4) is 11.5 Å². The van der Waals surface area contributed by atoms with E-state index >= 15 is 0 Å². The molecule has 4 atom stereocenters. The Morgan fingerprint density at radius 1 is 1.16 bits per heavy atom. The largest absolute Gasteiger partial charge is 0.508 e. The molecule has 2 aromatic carbocycles. The first-order valence-electron chi connectivity index (χ1n) is 12.5. The molecule has 206 valence electrons. The molecular formula is C28H36ClN3O6. The number of phenols is 1. The molecule has 9 nitrogen and oxygen atoms in total. The van der Waals surface area contributed by atoms with Gasteiger partial charge in [-0.1, -0.05) is 18.2 Å². The van der Waals surface area contributed by atoms with E-state index in [1.165, 1.54) is 11.0 Å². The summed E-state index contributed by atoms with van der Waals surface area (Å²) in [5.41, 5.74) is 0.819. The highest BCUT2D eigenvalue weighted by molar-refractivity contribution is 6.21. The molecule has 2 aromatic rings. The van der Waals surface area contributed by atoms with Crippen LogP contribution < -0.4 is 15.4 Å². The molecule has 4 N–H and O–H groups in total. The van der Waals surface area contributed by atoms with Crippen LogP contribution in [0.15, 0.2) is 42.5 Å². The number of nitrogens with one attached hydrogen (secondary N) is 2. The summed E-state index contributed by atoms with van der Waals surface area (Å²) in [5.74, 6) is -1.01. The highest BCUT2D eigenvalue weighted by Crippen LogP contribution is 2.26. The number of likely N-dealkylation sites (tertiary alicyclic amines) is 1. The number of rotatable bonds is 8. The molecule has 38 heavy (non-hydrogen) atoms. The number of alkyl halides is 1. The van der Waals surface area contributed by atoms with Gasteiger partial charge in [0.05, 0.1) is 18.5 Å². The standard InChI is InChI=1S/C28H36ClN3O6/c1-16-20(7-6-8-23(16)33)25(35)30-21(13-17-9-11-19(38-5)12-10-17)24(34)27(37)32-15-18(29)14-22(32)26(36)31-28(2,3)4/h6-12,18,21-22,24,33-34H,13-15H2,1-5H3,(H,30,35)(H,31,36)/t18-,21-,22-,24-/m0/s1. The molecule has 0 radical (unpaired) electrons. The van der Waals surface area contributed by atoms with E-state index < -0.39 is 40.9 Å². The SMILES string of the molecule is COc1ccc(C[C@H](NC(=O)c2cccc(O)c2C)[C@H](O)C(=O)N2C[C@@H](Cl)C[C@H]2C(=O)NC(C)(C)C)cc1. The van der Waals surface area contributed by atoms with E-state index in [9.17, 15) is 24.6 Å². The number of carbonyl (C=O) groups excluding carboxylic acids is 3. The molecule has 0 aliphatic carbocycles. The summed E-state index contributed by atoms with van der Waals surface area (Å²) >= 11 is 6.34. The van der Waals surface area contributed by atoms with E-state index in [1.54, 1.807) is 50.4 Å². The molecule has 3 amide bonds. The number of nitrogens with zero attached hydrogens (tertiary/aromatic N) is 1. The number of ether oxygens (including phenoxy) is 1. The van der Waals surface area contributed by atoms with E-state index in [0.717, 1.165) is 5.56 Å². The number of hydrogen-bond donors (Lipinski definition) is 4. The summed E-state index contributed by atoms with van der Waals surface area (Å²) in [4.78, 5) is 41.0. The second-order valence-corrected chi connectivity index (χ2v) is 11.2. The zero-order valence-electron chi connectivity index (χ0n) is 22.3. The Balaban J connectivity index is 1.88. The Morgan fingerprint density at radius 2 is 1.82 bits per heavy atom. The zero-order valence-corrected chi connectivity index (χ0v) is 23.1. The number of aliphatic hydroxyl groups excluding tert-OH is 1. The first kappa shape index (κ1) is 29.3. The summed E-state index contributed by atoms with van der Waals surface area (Å²) in [6.07, 6.45) is -1.29. The summed E-state index contributed by atoms with van der Waals surface area (Å²) < 4.78 is 5.20. The smallest absolute Gasteiger partial charge is 0.254 e. The monoisotopic (exact) mass is 545 g/mol. The van der Waals surface area contributed by atoms with E-state index in [2.05, 4.69) is 10.6 Å². The molecule has 1 heterocycles.